The normalized spacial score (nSPS) is 10.8. The smallest absolute Gasteiger partial charge is 0.335 e. The monoisotopic (exact) mass is 318 g/mol. The first-order chi connectivity index (χ1) is 11.6. The molecule has 24 heavy (non-hydrogen) atoms. The summed E-state index contributed by atoms with van der Waals surface area (Å²) in [7, 11) is 0. The van der Waals surface area contributed by atoms with E-state index in [0.29, 0.717) is 5.69 Å². The molecule has 0 unspecified atom stereocenters. The summed E-state index contributed by atoms with van der Waals surface area (Å²) in [5.41, 5.74) is 1.66. The zero-order valence-corrected chi connectivity index (χ0v) is 12.6. The third-order valence-electron chi connectivity index (χ3n) is 3.49. The van der Waals surface area contributed by atoms with Crippen molar-refractivity contribution in [2.45, 2.75) is 0 Å². The second kappa shape index (κ2) is 6.75. The number of carbonyl (C=O) groups excluding carboxylic acids is 1. The Kier molecular flexibility index (Phi) is 4.34. The van der Waals surface area contributed by atoms with E-state index in [1.807, 2.05) is 24.3 Å². The minimum atomic E-state index is -0.977. The Morgan fingerprint density at radius 2 is 1.79 bits per heavy atom. The van der Waals surface area contributed by atoms with Gasteiger partial charge in [-0.2, -0.15) is 0 Å². The quantitative estimate of drug-likeness (QED) is 0.721. The number of rotatable bonds is 4. The van der Waals surface area contributed by atoms with Crippen molar-refractivity contribution in [1.82, 2.24) is 4.98 Å². The number of benzene rings is 2. The molecular weight excluding hydrogens is 304 g/mol. The van der Waals surface area contributed by atoms with Crippen LogP contribution < -0.4 is 5.32 Å². The maximum atomic E-state index is 12.0. The Hall–Kier alpha value is -3.47. The standard InChI is InChI=1S/C19H14N2O3/c22-18(8-3-13-1-4-14(5-2-13)19(23)24)21-17-7-6-16-12-20-10-9-15(16)11-17/h1-12H,(H,21,22)(H,23,24). The number of amides is 1. The molecular formula is C19H14N2O3. The SMILES string of the molecule is O=C(C=Cc1ccc(C(=O)O)cc1)Nc1ccc2cnccc2c1. The number of nitrogens with one attached hydrogen (secondary N) is 1. The third-order valence-corrected chi connectivity index (χ3v) is 3.49. The van der Waals surface area contributed by atoms with Gasteiger partial charge in [-0.25, -0.2) is 4.79 Å². The molecule has 0 saturated carbocycles. The van der Waals surface area contributed by atoms with Gasteiger partial charge in [-0.15, -0.1) is 0 Å². The Morgan fingerprint density at radius 1 is 1.00 bits per heavy atom. The van der Waals surface area contributed by atoms with Crippen molar-refractivity contribution in [2.24, 2.45) is 0 Å². The van der Waals surface area contributed by atoms with E-state index < -0.39 is 5.97 Å². The van der Waals surface area contributed by atoms with E-state index in [1.165, 1.54) is 18.2 Å². The van der Waals surface area contributed by atoms with Crippen LogP contribution in [0, 0.1) is 0 Å². The Balaban J connectivity index is 1.68. The molecule has 1 aromatic heterocycles. The van der Waals surface area contributed by atoms with Crippen molar-refractivity contribution >= 4 is 34.4 Å². The van der Waals surface area contributed by atoms with Crippen LogP contribution in [0.1, 0.15) is 15.9 Å². The molecule has 5 nitrogen and oxygen atoms in total. The van der Waals surface area contributed by atoms with Gasteiger partial charge in [0.2, 0.25) is 5.91 Å². The van der Waals surface area contributed by atoms with Crippen LogP contribution in [0.5, 0.6) is 0 Å². The van der Waals surface area contributed by atoms with Crippen LogP contribution in [0.15, 0.2) is 67.0 Å². The number of hydrogen-bond donors (Lipinski definition) is 2. The summed E-state index contributed by atoms with van der Waals surface area (Å²) in [6, 6.07) is 13.8. The number of pyridine rings is 1. The lowest BCUT2D eigenvalue weighted by molar-refractivity contribution is -0.111. The zero-order valence-electron chi connectivity index (χ0n) is 12.6. The summed E-state index contributed by atoms with van der Waals surface area (Å²) >= 11 is 0. The first-order valence-corrected chi connectivity index (χ1v) is 7.28. The molecule has 2 aromatic carbocycles. The van der Waals surface area contributed by atoms with Gasteiger partial charge in [0.25, 0.3) is 0 Å². The number of fused-ring (bicyclic) bond motifs is 1. The van der Waals surface area contributed by atoms with E-state index >= 15 is 0 Å². The highest BCUT2D eigenvalue weighted by Gasteiger charge is 2.02. The summed E-state index contributed by atoms with van der Waals surface area (Å²) in [5.74, 6) is -1.24. The molecule has 5 heteroatoms. The molecule has 0 bridgehead atoms. The van der Waals surface area contributed by atoms with Gasteiger partial charge in [0.05, 0.1) is 5.56 Å². The van der Waals surface area contributed by atoms with Crippen LogP contribution in [-0.2, 0) is 4.79 Å². The average molecular weight is 318 g/mol. The molecule has 0 atom stereocenters. The number of hydrogen-bond acceptors (Lipinski definition) is 3. The minimum Gasteiger partial charge on any atom is -0.478 e. The van der Waals surface area contributed by atoms with Gasteiger partial charge in [-0.05, 0) is 47.4 Å². The Morgan fingerprint density at radius 3 is 2.54 bits per heavy atom. The minimum absolute atomic E-state index is 0.210. The maximum absolute atomic E-state index is 12.0. The van der Waals surface area contributed by atoms with Gasteiger partial charge < -0.3 is 10.4 Å². The van der Waals surface area contributed by atoms with E-state index in [-0.39, 0.29) is 11.5 Å². The molecule has 1 amide bonds. The van der Waals surface area contributed by atoms with Gasteiger partial charge >= 0.3 is 5.97 Å². The average Bonchev–Trinajstić information content (AvgIpc) is 2.60. The summed E-state index contributed by atoms with van der Waals surface area (Å²) in [6.45, 7) is 0. The highest BCUT2D eigenvalue weighted by Crippen LogP contribution is 2.18. The fraction of sp³-hybridized carbons (Fsp3) is 0. The van der Waals surface area contributed by atoms with Gasteiger partial charge in [0.15, 0.2) is 0 Å². The number of carbonyl (C=O) groups is 2. The molecule has 3 aromatic rings. The Labute approximate surface area is 138 Å². The second-order valence-corrected chi connectivity index (χ2v) is 5.19. The lowest BCUT2D eigenvalue weighted by atomic mass is 10.1. The molecule has 0 aliphatic rings. The van der Waals surface area contributed by atoms with Crippen LogP contribution in [0.3, 0.4) is 0 Å². The third kappa shape index (κ3) is 3.64. The largest absolute Gasteiger partial charge is 0.478 e. The summed E-state index contributed by atoms with van der Waals surface area (Å²) < 4.78 is 0. The van der Waals surface area contributed by atoms with Crippen LogP contribution >= 0.6 is 0 Å². The molecule has 1 heterocycles. The van der Waals surface area contributed by atoms with E-state index in [2.05, 4.69) is 10.3 Å². The number of carboxylic acid groups (broad SMARTS) is 1. The molecule has 0 aliphatic heterocycles. The van der Waals surface area contributed by atoms with E-state index in [4.69, 9.17) is 5.11 Å². The first-order valence-electron chi connectivity index (χ1n) is 7.28. The van der Waals surface area contributed by atoms with Crippen LogP contribution in [0.2, 0.25) is 0 Å². The fourth-order valence-electron chi connectivity index (χ4n) is 2.25. The number of aromatic carboxylic acids is 1. The van der Waals surface area contributed by atoms with E-state index in [0.717, 1.165) is 16.3 Å². The van der Waals surface area contributed by atoms with Crippen LogP contribution in [0.25, 0.3) is 16.8 Å². The lowest BCUT2D eigenvalue weighted by Crippen LogP contribution is -2.07. The molecule has 2 N–H and O–H groups in total. The number of carboxylic acids is 1. The van der Waals surface area contributed by atoms with Crippen molar-refractivity contribution in [3.63, 3.8) is 0 Å². The number of nitrogens with zero attached hydrogens (tertiary/aromatic N) is 1. The van der Waals surface area contributed by atoms with Gasteiger partial charge in [-0.3, -0.25) is 9.78 Å². The molecule has 0 aliphatic carbocycles. The maximum Gasteiger partial charge on any atom is 0.335 e. The molecule has 0 fully saturated rings. The van der Waals surface area contributed by atoms with Crippen LogP contribution in [-0.4, -0.2) is 22.0 Å². The number of anilines is 1. The summed E-state index contributed by atoms with van der Waals surface area (Å²) in [6.07, 6.45) is 6.51. The summed E-state index contributed by atoms with van der Waals surface area (Å²) in [5, 5.41) is 13.6. The van der Waals surface area contributed by atoms with Crippen molar-refractivity contribution in [1.29, 1.82) is 0 Å². The van der Waals surface area contributed by atoms with Crippen molar-refractivity contribution < 1.29 is 14.7 Å². The Bertz CT molecular complexity index is 931. The fourth-order valence-corrected chi connectivity index (χ4v) is 2.25. The van der Waals surface area contributed by atoms with Gasteiger partial charge in [0, 0.05) is 29.5 Å². The van der Waals surface area contributed by atoms with Crippen molar-refractivity contribution in [3.05, 3.63) is 78.1 Å². The topological polar surface area (TPSA) is 79.3 Å². The highest BCUT2D eigenvalue weighted by molar-refractivity contribution is 6.03. The van der Waals surface area contributed by atoms with Crippen molar-refractivity contribution in [2.75, 3.05) is 5.32 Å². The van der Waals surface area contributed by atoms with Gasteiger partial charge in [0.1, 0.15) is 0 Å². The molecule has 118 valence electrons. The predicted molar refractivity (Wildman–Crippen MR) is 92.8 cm³/mol. The molecule has 3 rings (SSSR count). The highest BCUT2D eigenvalue weighted by atomic mass is 16.4. The van der Waals surface area contributed by atoms with Crippen LogP contribution in [0.4, 0.5) is 5.69 Å². The second-order valence-electron chi connectivity index (χ2n) is 5.19. The zero-order chi connectivity index (χ0) is 16.9. The molecule has 0 radical (unpaired) electrons. The predicted octanol–water partition coefficient (Wildman–Crippen LogP) is 3.58. The van der Waals surface area contributed by atoms with Crippen molar-refractivity contribution in [3.8, 4) is 0 Å². The molecule has 0 spiro atoms. The number of aromatic nitrogens is 1. The van der Waals surface area contributed by atoms with E-state index in [9.17, 15) is 9.59 Å². The molecule has 0 saturated heterocycles. The first kappa shape index (κ1) is 15.4. The summed E-state index contributed by atoms with van der Waals surface area (Å²) in [4.78, 5) is 26.8. The van der Waals surface area contributed by atoms with E-state index in [1.54, 1.807) is 30.6 Å². The van der Waals surface area contributed by atoms with Gasteiger partial charge in [-0.1, -0.05) is 18.2 Å². The lowest BCUT2D eigenvalue weighted by Gasteiger charge is -2.04.